The molecule has 5 atom stereocenters. The fourth-order valence-electron chi connectivity index (χ4n) is 5.74. The average Bonchev–Trinajstić information content (AvgIpc) is 3.00. The molecule has 2 aromatic carbocycles. The topological polar surface area (TPSA) is 55.4 Å². The van der Waals surface area contributed by atoms with E-state index in [0.29, 0.717) is 32.7 Å². The van der Waals surface area contributed by atoms with Crippen LogP contribution in [-0.2, 0) is 41.0 Å². The minimum Gasteiger partial charge on any atom is -0.414 e. The van der Waals surface area contributed by atoms with Gasteiger partial charge in [-0.1, -0.05) is 114 Å². The van der Waals surface area contributed by atoms with Gasteiger partial charge in [0.15, 0.2) is 22.9 Å². The second-order valence-corrected chi connectivity index (χ2v) is 26.5. The Kier molecular flexibility index (Phi) is 14.1. The molecule has 1 heterocycles. The smallest absolute Gasteiger partial charge is 0.193 e. The van der Waals surface area contributed by atoms with E-state index in [1.165, 1.54) is 0 Å². The molecule has 0 unspecified atom stereocenters. The third-order valence-electron chi connectivity index (χ3n) is 10.6. The third-order valence-corrected chi connectivity index (χ3v) is 19.6. The van der Waals surface area contributed by atoms with Crippen molar-refractivity contribution in [2.24, 2.45) is 0 Å². The second kappa shape index (κ2) is 16.6. The van der Waals surface area contributed by atoms with Gasteiger partial charge in [0.05, 0.1) is 25.9 Å². The Hall–Kier alpha value is -1.89. The normalized spacial score (nSPS) is 25.4. The Morgan fingerprint density at radius 2 is 1.20 bits per heavy atom. The highest BCUT2D eigenvalue weighted by Crippen LogP contribution is 2.51. The number of hydrogen-bond acceptors (Lipinski definition) is 6. The van der Waals surface area contributed by atoms with Crippen LogP contribution in [0.5, 0.6) is 0 Å². The van der Waals surface area contributed by atoms with Gasteiger partial charge in [0.2, 0.25) is 0 Å². The summed E-state index contributed by atoms with van der Waals surface area (Å²) in [5.74, 6) is 0. The summed E-state index contributed by atoms with van der Waals surface area (Å²) in [5.41, 5.74) is 0.0485. The van der Waals surface area contributed by atoms with Crippen molar-refractivity contribution in [3.63, 3.8) is 0 Å². The van der Waals surface area contributed by atoms with Crippen LogP contribution in [0, 0.1) is 0 Å². The van der Waals surface area contributed by atoms with Gasteiger partial charge < -0.3 is 27.8 Å². The van der Waals surface area contributed by atoms with Crippen LogP contribution in [0.2, 0.25) is 36.3 Å². The SMILES string of the molecule is C=CC[C@]1(CO[Si](C)(C)C(C)(C)C)O[C@@H](OC(C)C)[C@@](CC=C)(O[Si](C)(C)C(C)(C)C)[C@@H](OCc2ccccc2)[C@@H]1OCc1ccccc1. The zero-order valence-electron chi connectivity index (χ0n) is 32.6. The predicted octanol–water partition coefficient (Wildman–Crippen LogP) is 10.6. The van der Waals surface area contributed by atoms with Crippen molar-refractivity contribution in [1.82, 2.24) is 0 Å². The molecule has 1 aliphatic rings. The molecule has 0 aliphatic carbocycles. The summed E-state index contributed by atoms with van der Waals surface area (Å²) in [6.07, 6.45) is 2.52. The minimum atomic E-state index is -2.49. The predicted molar refractivity (Wildman–Crippen MR) is 208 cm³/mol. The molecule has 8 heteroatoms. The highest BCUT2D eigenvalue weighted by Gasteiger charge is 2.66. The first kappa shape index (κ1) is 41.5. The van der Waals surface area contributed by atoms with E-state index in [1.54, 1.807) is 0 Å². The Bertz CT molecular complexity index is 1320. The van der Waals surface area contributed by atoms with Gasteiger partial charge in [0.25, 0.3) is 0 Å². The van der Waals surface area contributed by atoms with Crippen molar-refractivity contribution in [2.45, 2.75) is 154 Å². The molecular weight excluding hydrogens is 645 g/mol. The van der Waals surface area contributed by atoms with Gasteiger partial charge in [0, 0.05) is 6.42 Å². The number of hydrogen-bond donors (Lipinski definition) is 0. The van der Waals surface area contributed by atoms with Gasteiger partial charge in [-0.2, -0.15) is 0 Å². The lowest BCUT2D eigenvalue weighted by molar-refractivity contribution is -0.383. The Morgan fingerprint density at radius 1 is 0.735 bits per heavy atom. The minimum absolute atomic E-state index is 0.00743. The Morgan fingerprint density at radius 3 is 1.63 bits per heavy atom. The monoisotopic (exact) mass is 710 g/mol. The van der Waals surface area contributed by atoms with Gasteiger partial charge in [-0.15, -0.1) is 13.2 Å². The van der Waals surface area contributed by atoms with E-state index in [2.05, 4.69) is 105 Å². The zero-order chi connectivity index (χ0) is 36.7. The van der Waals surface area contributed by atoms with Crippen LogP contribution in [0.4, 0.5) is 0 Å². The van der Waals surface area contributed by atoms with Gasteiger partial charge >= 0.3 is 0 Å². The van der Waals surface area contributed by atoms with Gasteiger partial charge in [0.1, 0.15) is 23.4 Å². The molecule has 1 saturated heterocycles. The van der Waals surface area contributed by atoms with E-state index < -0.39 is 46.3 Å². The molecule has 1 fully saturated rings. The van der Waals surface area contributed by atoms with Crippen LogP contribution in [0.15, 0.2) is 86.0 Å². The maximum absolute atomic E-state index is 7.59. The summed E-state index contributed by atoms with van der Waals surface area (Å²) in [6, 6.07) is 20.5. The van der Waals surface area contributed by atoms with E-state index in [4.69, 9.17) is 27.8 Å². The average molecular weight is 711 g/mol. The summed E-state index contributed by atoms with van der Waals surface area (Å²) >= 11 is 0. The fraction of sp³-hybridized carbons (Fsp3) is 0.610. The number of ether oxygens (including phenoxy) is 4. The van der Waals surface area contributed by atoms with Crippen LogP contribution < -0.4 is 0 Å². The molecule has 0 spiro atoms. The first-order valence-corrected chi connectivity index (χ1v) is 23.8. The van der Waals surface area contributed by atoms with E-state index >= 15 is 0 Å². The van der Waals surface area contributed by atoms with Crippen molar-refractivity contribution >= 4 is 16.6 Å². The maximum atomic E-state index is 7.59. The molecule has 0 aromatic heterocycles. The zero-order valence-corrected chi connectivity index (χ0v) is 34.6. The maximum Gasteiger partial charge on any atom is 0.193 e. The largest absolute Gasteiger partial charge is 0.414 e. The standard InChI is InChI=1S/C41H66O6Si2/c1-15-27-40(31-44-48(11,12)38(5,6)7)35(42-29-33-23-19-17-20-24-33)36(43-30-34-25-21-18-22-26-34)41(28-16-2,37(46-40)45-32(3)4)47-49(13,14)39(8,9)10/h15-26,32,35-37H,1-2,27-31H2,3-14H3/t35-,36-,37+,40+,41-/m0/s1. The molecule has 0 bridgehead atoms. The third kappa shape index (κ3) is 10.1. The molecule has 274 valence electrons. The molecular formula is C41H66O6Si2. The van der Waals surface area contributed by atoms with E-state index in [9.17, 15) is 0 Å². The number of benzene rings is 2. The molecule has 1 aliphatic heterocycles. The van der Waals surface area contributed by atoms with E-state index in [-0.39, 0.29) is 16.2 Å². The summed E-state index contributed by atoms with van der Waals surface area (Å²) < 4.78 is 43.2. The van der Waals surface area contributed by atoms with Gasteiger partial charge in [-0.3, -0.25) is 0 Å². The van der Waals surface area contributed by atoms with Crippen molar-refractivity contribution < 1.29 is 27.8 Å². The van der Waals surface area contributed by atoms with Crippen LogP contribution in [0.3, 0.4) is 0 Å². The van der Waals surface area contributed by atoms with Crippen molar-refractivity contribution in [2.75, 3.05) is 6.61 Å². The Labute approximate surface area is 300 Å². The van der Waals surface area contributed by atoms with Crippen LogP contribution >= 0.6 is 0 Å². The van der Waals surface area contributed by atoms with E-state index in [1.807, 2.05) is 62.4 Å². The molecule has 6 nitrogen and oxygen atoms in total. The fourth-order valence-corrected chi connectivity index (χ4v) is 8.33. The summed E-state index contributed by atoms with van der Waals surface area (Å²) in [6.45, 7) is 36.1. The lowest BCUT2D eigenvalue weighted by atomic mass is 9.76. The first-order valence-electron chi connectivity index (χ1n) is 17.9. The Balaban J connectivity index is 2.34. The van der Waals surface area contributed by atoms with Crippen molar-refractivity contribution in [3.8, 4) is 0 Å². The summed E-state index contributed by atoms with van der Waals surface area (Å²) in [5, 5.41) is -0.110. The van der Waals surface area contributed by atoms with Crippen LogP contribution in [-0.4, -0.2) is 59.0 Å². The quantitative estimate of drug-likeness (QED) is 0.120. The van der Waals surface area contributed by atoms with Crippen molar-refractivity contribution in [1.29, 1.82) is 0 Å². The molecule has 49 heavy (non-hydrogen) atoms. The molecule has 3 rings (SSSR count). The van der Waals surface area contributed by atoms with Gasteiger partial charge in [-0.25, -0.2) is 0 Å². The van der Waals surface area contributed by atoms with Gasteiger partial charge in [-0.05, 0) is 67.7 Å². The van der Waals surface area contributed by atoms with Crippen LogP contribution in [0.1, 0.15) is 79.4 Å². The second-order valence-electron chi connectivity index (χ2n) is 17.0. The molecule has 0 saturated carbocycles. The summed E-state index contributed by atoms with van der Waals surface area (Å²) in [7, 11) is -4.72. The molecule has 2 aromatic rings. The molecule has 0 N–H and O–H groups in total. The highest BCUT2D eigenvalue weighted by atomic mass is 28.4. The van der Waals surface area contributed by atoms with E-state index in [0.717, 1.165) is 11.1 Å². The van der Waals surface area contributed by atoms with Crippen LogP contribution in [0.25, 0.3) is 0 Å². The summed E-state index contributed by atoms with van der Waals surface area (Å²) in [4.78, 5) is 0. The first-order chi connectivity index (χ1) is 22.7. The number of rotatable bonds is 17. The van der Waals surface area contributed by atoms with Crippen molar-refractivity contribution in [3.05, 3.63) is 97.1 Å². The lowest BCUT2D eigenvalue weighted by Gasteiger charge is -2.60. The molecule has 0 amide bonds. The highest BCUT2D eigenvalue weighted by molar-refractivity contribution is 6.74. The molecule has 0 radical (unpaired) electrons. The lowest BCUT2D eigenvalue weighted by Crippen LogP contribution is -2.76.